The van der Waals surface area contributed by atoms with Gasteiger partial charge in [-0.3, -0.25) is 4.98 Å². The molecule has 50 heavy (non-hydrogen) atoms. The Kier molecular flexibility index (Phi) is 6.42. The largest absolute Gasteiger partial charge is 0.315 e. The van der Waals surface area contributed by atoms with Crippen molar-refractivity contribution < 1.29 is 0 Å². The number of hydrogen-bond acceptors (Lipinski definition) is 3. The highest BCUT2D eigenvalue weighted by molar-refractivity contribution is 6.18. The van der Waals surface area contributed by atoms with Gasteiger partial charge in [0.2, 0.25) is 0 Å². The Morgan fingerprint density at radius 1 is 0.440 bits per heavy atom. The topological polar surface area (TPSA) is 48.5 Å². The van der Waals surface area contributed by atoms with Gasteiger partial charge in [0, 0.05) is 62.0 Å². The third-order valence-electron chi connectivity index (χ3n) is 9.63. The lowest BCUT2D eigenvalue weighted by Gasteiger charge is -2.13. The van der Waals surface area contributed by atoms with E-state index in [4.69, 9.17) is 9.97 Å². The molecule has 0 spiro atoms. The molecule has 5 heteroatoms. The van der Waals surface area contributed by atoms with Crippen molar-refractivity contribution in [3.63, 3.8) is 0 Å². The molecule has 10 rings (SSSR count). The fourth-order valence-electron chi connectivity index (χ4n) is 7.26. The number of para-hydroxylation sites is 3. The summed E-state index contributed by atoms with van der Waals surface area (Å²) in [5.41, 5.74) is 11.6. The van der Waals surface area contributed by atoms with Crippen molar-refractivity contribution in [2.45, 2.75) is 0 Å². The quantitative estimate of drug-likeness (QED) is 0.188. The number of hydrogen-bond donors (Lipinski definition) is 0. The number of fused-ring (bicyclic) bond motifs is 6. The summed E-state index contributed by atoms with van der Waals surface area (Å²) in [6.45, 7) is 0. The first-order valence-corrected chi connectivity index (χ1v) is 16.8. The first-order chi connectivity index (χ1) is 24.8. The maximum atomic E-state index is 5.18. The van der Waals surface area contributed by atoms with Gasteiger partial charge in [-0.2, -0.15) is 0 Å². The highest BCUT2D eigenvalue weighted by atomic mass is 15.0. The maximum Gasteiger partial charge on any atom is 0.160 e. The molecule has 0 saturated heterocycles. The lowest BCUT2D eigenvalue weighted by atomic mass is 10.0. The molecule has 0 amide bonds. The van der Waals surface area contributed by atoms with Gasteiger partial charge in [-0.1, -0.05) is 97.1 Å². The van der Waals surface area contributed by atoms with Gasteiger partial charge in [-0.05, 0) is 66.7 Å². The molecule has 4 aromatic heterocycles. The molecule has 10 aromatic rings. The molecule has 0 aliphatic carbocycles. The number of aromatic nitrogens is 5. The Bertz CT molecular complexity index is 2830. The smallest absolute Gasteiger partial charge is 0.160 e. The van der Waals surface area contributed by atoms with Crippen molar-refractivity contribution in [1.82, 2.24) is 24.1 Å². The van der Waals surface area contributed by atoms with Gasteiger partial charge in [0.15, 0.2) is 5.82 Å². The van der Waals surface area contributed by atoms with Crippen LogP contribution < -0.4 is 0 Å². The van der Waals surface area contributed by atoms with Gasteiger partial charge in [0.05, 0.1) is 33.5 Å². The summed E-state index contributed by atoms with van der Waals surface area (Å²) in [5, 5.41) is 4.68. The molecule has 0 N–H and O–H groups in total. The van der Waals surface area contributed by atoms with Crippen molar-refractivity contribution in [2.75, 3.05) is 0 Å². The minimum atomic E-state index is 0.696. The third kappa shape index (κ3) is 4.52. The summed E-state index contributed by atoms with van der Waals surface area (Å²) >= 11 is 0. The van der Waals surface area contributed by atoms with Crippen LogP contribution in [0.2, 0.25) is 0 Å². The summed E-state index contributed by atoms with van der Waals surface area (Å²) in [6.07, 6.45) is 3.99. The lowest BCUT2D eigenvalue weighted by Crippen LogP contribution is -1.99. The van der Waals surface area contributed by atoms with Crippen LogP contribution in [0.25, 0.3) is 88.9 Å². The zero-order valence-electron chi connectivity index (χ0n) is 27.0. The Morgan fingerprint density at radius 3 is 1.98 bits per heavy atom. The summed E-state index contributed by atoms with van der Waals surface area (Å²) in [5.74, 6) is 0.696. The van der Waals surface area contributed by atoms with Crippen LogP contribution in [0.15, 0.2) is 176 Å². The second kappa shape index (κ2) is 11.4. The van der Waals surface area contributed by atoms with Crippen molar-refractivity contribution in [2.24, 2.45) is 0 Å². The summed E-state index contributed by atoms with van der Waals surface area (Å²) in [7, 11) is 0. The molecule has 6 aromatic carbocycles. The van der Waals surface area contributed by atoms with Crippen LogP contribution in [0.1, 0.15) is 0 Å². The predicted octanol–water partition coefficient (Wildman–Crippen LogP) is 11.1. The highest BCUT2D eigenvalue weighted by Gasteiger charge is 2.18. The minimum Gasteiger partial charge on any atom is -0.315 e. The van der Waals surface area contributed by atoms with E-state index >= 15 is 0 Å². The van der Waals surface area contributed by atoms with Crippen LogP contribution in [0.3, 0.4) is 0 Å². The normalized spacial score (nSPS) is 11.6. The molecule has 0 aliphatic heterocycles. The Morgan fingerprint density at radius 2 is 1.16 bits per heavy atom. The zero-order chi connectivity index (χ0) is 33.0. The first kappa shape index (κ1) is 28.2. The summed E-state index contributed by atoms with van der Waals surface area (Å²) in [6, 6.07) is 57.3. The monoisotopic (exact) mass is 639 g/mol. The van der Waals surface area contributed by atoms with Gasteiger partial charge in [0.25, 0.3) is 0 Å². The lowest BCUT2D eigenvalue weighted by molar-refractivity contribution is 1.11. The SMILES string of the molecule is c1ccc(-n2ccc3ccc4c5ccccc5n(-c5ccc(-c6nc(-c7ccc(-c8ccccn8)cc7)c7ccccc7n6)cc5)c4c32)cc1. The van der Waals surface area contributed by atoms with E-state index in [9.17, 15) is 0 Å². The second-order valence-electron chi connectivity index (χ2n) is 12.5. The zero-order valence-corrected chi connectivity index (χ0v) is 27.0. The van der Waals surface area contributed by atoms with E-state index in [0.29, 0.717) is 5.82 Å². The van der Waals surface area contributed by atoms with Crippen LogP contribution in [0, 0.1) is 0 Å². The van der Waals surface area contributed by atoms with Crippen LogP contribution in [0.5, 0.6) is 0 Å². The molecule has 0 bridgehead atoms. The highest BCUT2D eigenvalue weighted by Crippen LogP contribution is 2.38. The van der Waals surface area contributed by atoms with E-state index in [1.807, 2.05) is 36.5 Å². The van der Waals surface area contributed by atoms with E-state index in [-0.39, 0.29) is 0 Å². The van der Waals surface area contributed by atoms with Crippen LogP contribution in [-0.2, 0) is 0 Å². The number of rotatable bonds is 5. The average molecular weight is 640 g/mol. The molecule has 234 valence electrons. The van der Waals surface area contributed by atoms with E-state index in [0.717, 1.165) is 50.4 Å². The fourth-order valence-corrected chi connectivity index (χ4v) is 7.26. The molecular formula is C45H29N5. The van der Waals surface area contributed by atoms with Crippen molar-refractivity contribution in [1.29, 1.82) is 0 Å². The fraction of sp³-hybridized carbons (Fsp3) is 0. The molecule has 0 unspecified atom stereocenters. The van der Waals surface area contributed by atoms with E-state index in [2.05, 4.69) is 154 Å². The molecule has 0 aliphatic rings. The third-order valence-corrected chi connectivity index (χ3v) is 9.63. The molecule has 0 fully saturated rings. The van der Waals surface area contributed by atoms with Crippen LogP contribution in [0.4, 0.5) is 0 Å². The standard InChI is InChI=1S/C45H29N5/c1-2-10-34(11-3-1)49-29-27-32-23-26-37-36-12-5-7-16-41(36)50(44(37)43(32)49)35-24-21-33(22-25-35)45-47-40-15-6-4-13-38(40)42(48-45)31-19-17-30(18-20-31)39-14-8-9-28-46-39/h1-29H. The van der Waals surface area contributed by atoms with E-state index in [1.54, 1.807) is 0 Å². The first-order valence-electron chi connectivity index (χ1n) is 16.8. The number of nitrogens with zero attached hydrogens (tertiary/aromatic N) is 5. The van der Waals surface area contributed by atoms with Crippen LogP contribution in [-0.4, -0.2) is 24.1 Å². The van der Waals surface area contributed by atoms with Crippen LogP contribution >= 0.6 is 0 Å². The van der Waals surface area contributed by atoms with E-state index < -0.39 is 0 Å². The van der Waals surface area contributed by atoms with Gasteiger partial charge < -0.3 is 9.13 Å². The van der Waals surface area contributed by atoms with Gasteiger partial charge >= 0.3 is 0 Å². The van der Waals surface area contributed by atoms with Gasteiger partial charge in [-0.15, -0.1) is 0 Å². The molecule has 5 nitrogen and oxygen atoms in total. The summed E-state index contributed by atoms with van der Waals surface area (Å²) < 4.78 is 4.70. The molecule has 0 atom stereocenters. The van der Waals surface area contributed by atoms with Crippen molar-refractivity contribution in [3.05, 3.63) is 176 Å². The minimum absolute atomic E-state index is 0.696. The molecule has 4 heterocycles. The van der Waals surface area contributed by atoms with Gasteiger partial charge in [-0.25, -0.2) is 9.97 Å². The second-order valence-corrected chi connectivity index (χ2v) is 12.5. The summed E-state index contributed by atoms with van der Waals surface area (Å²) in [4.78, 5) is 14.7. The number of benzene rings is 6. The Hall–Kier alpha value is -6.85. The molecule has 0 saturated carbocycles. The molecule has 0 radical (unpaired) electrons. The molecular weight excluding hydrogens is 611 g/mol. The Balaban J connectivity index is 1.12. The average Bonchev–Trinajstić information content (AvgIpc) is 3.78. The van der Waals surface area contributed by atoms with E-state index in [1.165, 1.54) is 32.7 Å². The van der Waals surface area contributed by atoms with Gasteiger partial charge in [0.1, 0.15) is 0 Å². The predicted molar refractivity (Wildman–Crippen MR) is 205 cm³/mol. The van der Waals surface area contributed by atoms with Crippen molar-refractivity contribution >= 4 is 43.6 Å². The van der Waals surface area contributed by atoms with Crippen molar-refractivity contribution in [3.8, 4) is 45.3 Å². The Labute approximate surface area is 288 Å². The maximum absolute atomic E-state index is 5.18. The number of pyridine rings is 1.